The van der Waals surface area contributed by atoms with Gasteiger partial charge in [0.1, 0.15) is 6.04 Å². The third-order valence-corrected chi connectivity index (χ3v) is 6.15. The minimum Gasteiger partial charge on any atom is -0.480 e. The van der Waals surface area contributed by atoms with Crippen LogP contribution in [0.25, 0.3) is 10.8 Å². The molecule has 1 aromatic heterocycles. The second kappa shape index (κ2) is 6.62. The maximum absolute atomic E-state index is 11.8. The molecule has 1 aliphatic rings. The summed E-state index contributed by atoms with van der Waals surface area (Å²) in [7, 11) is 0. The number of aliphatic carboxylic acids is 1. The van der Waals surface area contributed by atoms with E-state index < -0.39 is 12.0 Å². The van der Waals surface area contributed by atoms with Crippen molar-refractivity contribution >= 4 is 28.1 Å². The fourth-order valence-electron chi connectivity index (χ4n) is 3.94. The number of nitrogens with zero attached hydrogens (tertiary/aromatic N) is 1. The summed E-state index contributed by atoms with van der Waals surface area (Å²) in [5, 5.41) is 14.3. The van der Waals surface area contributed by atoms with Crippen molar-refractivity contribution in [2.45, 2.75) is 31.8 Å². The Kier molecular flexibility index (Phi) is 4.32. The predicted molar refractivity (Wildman–Crippen MR) is 102 cm³/mol. The lowest BCUT2D eigenvalue weighted by atomic mass is 9.95. The van der Waals surface area contributed by atoms with Crippen LogP contribution in [-0.2, 0) is 4.79 Å². The molecule has 4 rings (SSSR count). The molecule has 2 aromatic carbocycles. The molecule has 0 spiro atoms. The summed E-state index contributed by atoms with van der Waals surface area (Å²) in [4.78, 5) is 15.2. The van der Waals surface area contributed by atoms with Crippen LogP contribution in [0.4, 0.5) is 0 Å². The van der Waals surface area contributed by atoms with Crippen LogP contribution in [0.2, 0.25) is 0 Å². The molecule has 0 bridgehead atoms. The van der Waals surface area contributed by atoms with Gasteiger partial charge in [-0.1, -0.05) is 42.5 Å². The smallest absolute Gasteiger partial charge is 0.320 e. The van der Waals surface area contributed by atoms with Crippen molar-refractivity contribution in [1.82, 2.24) is 4.90 Å². The van der Waals surface area contributed by atoms with Crippen molar-refractivity contribution in [2.75, 3.05) is 6.54 Å². The van der Waals surface area contributed by atoms with E-state index >= 15 is 0 Å². The van der Waals surface area contributed by atoms with Gasteiger partial charge < -0.3 is 5.11 Å². The highest BCUT2D eigenvalue weighted by Crippen LogP contribution is 2.40. The molecule has 25 heavy (non-hydrogen) atoms. The molecule has 0 radical (unpaired) electrons. The van der Waals surface area contributed by atoms with Gasteiger partial charge in [0.05, 0.1) is 6.04 Å². The van der Waals surface area contributed by atoms with E-state index in [1.165, 1.54) is 26.8 Å². The first-order chi connectivity index (χ1) is 12.1. The van der Waals surface area contributed by atoms with E-state index in [0.717, 1.165) is 19.4 Å². The molecule has 4 heteroatoms. The minimum atomic E-state index is -0.712. The van der Waals surface area contributed by atoms with Gasteiger partial charge in [-0.05, 0) is 53.1 Å². The summed E-state index contributed by atoms with van der Waals surface area (Å²) < 4.78 is 0. The van der Waals surface area contributed by atoms with Crippen LogP contribution in [0.15, 0.2) is 53.9 Å². The number of carbonyl (C=O) groups is 1. The van der Waals surface area contributed by atoms with Crippen LogP contribution in [0, 0.1) is 6.92 Å². The topological polar surface area (TPSA) is 40.5 Å². The van der Waals surface area contributed by atoms with Gasteiger partial charge in [0.2, 0.25) is 0 Å². The van der Waals surface area contributed by atoms with E-state index in [2.05, 4.69) is 59.7 Å². The molecule has 0 saturated carbocycles. The van der Waals surface area contributed by atoms with Crippen LogP contribution in [0.5, 0.6) is 0 Å². The molecule has 0 amide bonds. The number of hydrogen-bond acceptors (Lipinski definition) is 3. The van der Waals surface area contributed by atoms with Crippen molar-refractivity contribution in [3.8, 4) is 0 Å². The number of thiophene rings is 1. The van der Waals surface area contributed by atoms with Gasteiger partial charge in [0.25, 0.3) is 0 Å². The highest BCUT2D eigenvalue weighted by atomic mass is 32.1. The fraction of sp³-hybridized carbons (Fsp3) is 0.286. The molecule has 1 aliphatic heterocycles. The lowest BCUT2D eigenvalue weighted by Gasteiger charge is -2.31. The zero-order valence-corrected chi connectivity index (χ0v) is 15.0. The number of rotatable bonds is 4. The van der Waals surface area contributed by atoms with E-state index in [0.29, 0.717) is 0 Å². The molecule has 2 atom stereocenters. The molecule has 1 N–H and O–H groups in total. The Labute approximate surface area is 151 Å². The number of likely N-dealkylation sites (tertiary alicyclic amines) is 1. The van der Waals surface area contributed by atoms with Gasteiger partial charge in [0, 0.05) is 11.4 Å². The maximum atomic E-state index is 11.8. The standard InChI is InChI=1S/C21H21NO2S/c1-14-12-19(25-13-14)20(22-11-5-10-18(22)21(23)24)17-9-4-7-15-6-2-3-8-16(15)17/h2-4,6-9,12-13,18,20H,5,10-11H2,1H3,(H,23,24). The predicted octanol–water partition coefficient (Wildman–Crippen LogP) is 4.85. The first-order valence-corrected chi connectivity index (χ1v) is 9.54. The van der Waals surface area contributed by atoms with Crippen LogP contribution >= 0.6 is 11.3 Å². The molecular weight excluding hydrogens is 330 g/mol. The normalized spacial score (nSPS) is 19.3. The third kappa shape index (κ3) is 2.96. The van der Waals surface area contributed by atoms with E-state index in [1.807, 2.05) is 6.07 Å². The lowest BCUT2D eigenvalue weighted by Crippen LogP contribution is -2.39. The van der Waals surface area contributed by atoms with Crippen LogP contribution in [0.1, 0.15) is 34.9 Å². The number of aryl methyl sites for hydroxylation is 1. The summed E-state index contributed by atoms with van der Waals surface area (Å²) in [6, 6.07) is 16.5. The summed E-state index contributed by atoms with van der Waals surface area (Å²) in [5.74, 6) is -0.712. The molecule has 2 unspecified atom stereocenters. The Bertz CT molecular complexity index is 912. The molecule has 0 aliphatic carbocycles. The Morgan fingerprint density at radius 1 is 1.24 bits per heavy atom. The first-order valence-electron chi connectivity index (χ1n) is 8.66. The highest BCUT2D eigenvalue weighted by Gasteiger charge is 2.37. The second-order valence-electron chi connectivity index (χ2n) is 6.73. The summed E-state index contributed by atoms with van der Waals surface area (Å²) in [6.07, 6.45) is 1.66. The number of carboxylic acids is 1. The van der Waals surface area contributed by atoms with Crippen molar-refractivity contribution in [3.63, 3.8) is 0 Å². The van der Waals surface area contributed by atoms with E-state index in [1.54, 1.807) is 11.3 Å². The largest absolute Gasteiger partial charge is 0.480 e. The number of fused-ring (bicyclic) bond motifs is 1. The fourth-order valence-corrected chi connectivity index (χ4v) is 4.98. The summed E-state index contributed by atoms with van der Waals surface area (Å²) in [5.41, 5.74) is 2.43. The molecule has 1 fully saturated rings. The molecule has 2 heterocycles. The molecule has 1 saturated heterocycles. The van der Waals surface area contributed by atoms with E-state index in [4.69, 9.17) is 0 Å². The van der Waals surface area contributed by atoms with Crippen molar-refractivity contribution < 1.29 is 9.90 Å². The Morgan fingerprint density at radius 2 is 2.04 bits per heavy atom. The van der Waals surface area contributed by atoms with E-state index in [9.17, 15) is 9.90 Å². The maximum Gasteiger partial charge on any atom is 0.320 e. The average molecular weight is 351 g/mol. The van der Waals surface area contributed by atoms with Crippen molar-refractivity contribution in [1.29, 1.82) is 0 Å². The molecule has 3 nitrogen and oxygen atoms in total. The van der Waals surface area contributed by atoms with Gasteiger partial charge in [0.15, 0.2) is 0 Å². The summed E-state index contributed by atoms with van der Waals surface area (Å²) in [6.45, 7) is 2.92. The van der Waals surface area contributed by atoms with Gasteiger partial charge in [-0.25, -0.2) is 0 Å². The Morgan fingerprint density at radius 3 is 2.80 bits per heavy atom. The molecule has 128 valence electrons. The van der Waals surface area contributed by atoms with Gasteiger partial charge >= 0.3 is 5.97 Å². The highest BCUT2D eigenvalue weighted by molar-refractivity contribution is 7.10. The minimum absolute atomic E-state index is 0.00611. The molecular formula is C21H21NO2S. The monoisotopic (exact) mass is 351 g/mol. The van der Waals surface area contributed by atoms with Crippen molar-refractivity contribution in [3.05, 3.63) is 69.9 Å². The number of carboxylic acid groups (broad SMARTS) is 1. The quantitative estimate of drug-likeness (QED) is 0.730. The Balaban J connectivity index is 1.90. The first kappa shape index (κ1) is 16.3. The Hall–Kier alpha value is -2.17. The van der Waals surface area contributed by atoms with Crippen LogP contribution in [-0.4, -0.2) is 28.6 Å². The summed E-state index contributed by atoms with van der Waals surface area (Å²) >= 11 is 1.73. The zero-order valence-electron chi connectivity index (χ0n) is 14.2. The molecule has 3 aromatic rings. The van der Waals surface area contributed by atoms with Crippen molar-refractivity contribution in [2.24, 2.45) is 0 Å². The number of benzene rings is 2. The zero-order chi connectivity index (χ0) is 17.4. The van der Waals surface area contributed by atoms with Gasteiger partial charge in [-0.15, -0.1) is 11.3 Å². The van der Waals surface area contributed by atoms with Gasteiger partial charge in [-0.3, -0.25) is 9.69 Å². The SMILES string of the molecule is Cc1csc(C(c2cccc3ccccc23)N2CCCC2C(=O)O)c1. The lowest BCUT2D eigenvalue weighted by molar-refractivity contribution is -0.142. The average Bonchev–Trinajstić information content (AvgIpc) is 3.25. The van der Waals surface area contributed by atoms with Gasteiger partial charge in [-0.2, -0.15) is 0 Å². The van der Waals surface area contributed by atoms with E-state index in [-0.39, 0.29) is 6.04 Å². The number of hydrogen-bond donors (Lipinski definition) is 1. The van der Waals surface area contributed by atoms with Crippen LogP contribution in [0.3, 0.4) is 0 Å². The second-order valence-corrected chi connectivity index (χ2v) is 7.67. The third-order valence-electron chi connectivity index (χ3n) is 5.05. The van der Waals surface area contributed by atoms with Crippen LogP contribution < -0.4 is 0 Å².